The first-order valence-electron chi connectivity index (χ1n) is 6.46. The lowest BCUT2D eigenvalue weighted by Crippen LogP contribution is -2.19. The third kappa shape index (κ3) is 1.58. The zero-order valence-corrected chi connectivity index (χ0v) is 9.61. The Morgan fingerprint density at radius 3 is 2.75 bits per heavy atom. The Labute approximate surface area is 95.8 Å². The second-order valence-corrected chi connectivity index (χ2v) is 5.02. The number of hydrogen-bond donors (Lipinski definition) is 0. The molecular formula is C13H18N2O. The Bertz CT molecular complexity index is 402. The smallest absolute Gasteiger partial charge is 0.166 e. The molecule has 3 heteroatoms. The highest BCUT2D eigenvalue weighted by atomic mass is 16.1. The van der Waals surface area contributed by atoms with Gasteiger partial charge in [0.05, 0.1) is 17.8 Å². The molecule has 1 fully saturated rings. The summed E-state index contributed by atoms with van der Waals surface area (Å²) in [6.07, 6.45) is 11.0. The molecule has 2 aliphatic carbocycles. The average molecular weight is 218 g/mol. The van der Waals surface area contributed by atoms with Crippen LogP contribution in [0.15, 0.2) is 6.20 Å². The van der Waals surface area contributed by atoms with Crippen LogP contribution < -0.4 is 0 Å². The van der Waals surface area contributed by atoms with Gasteiger partial charge in [0.25, 0.3) is 0 Å². The first-order valence-corrected chi connectivity index (χ1v) is 6.46. The Kier molecular flexibility index (Phi) is 2.54. The molecule has 0 amide bonds. The maximum atomic E-state index is 11.7. The molecule has 3 rings (SSSR count). The molecule has 0 unspecified atom stereocenters. The van der Waals surface area contributed by atoms with Gasteiger partial charge in [0.1, 0.15) is 0 Å². The number of nitrogens with zero attached hydrogens (tertiary/aromatic N) is 2. The van der Waals surface area contributed by atoms with E-state index in [9.17, 15) is 4.79 Å². The quantitative estimate of drug-likeness (QED) is 0.726. The fraction of sp³-hybridized carbons (Fsp3) is 0.692. The Hall–Kier alpha value is -1.12. The van der Waals surface area contributed by atoms with Crippen molar-refractivity contribution in [2.24, 2.45) is 0 Å². The normalized spacial score (nSPS) is 22.1. The second-order valence-electron chi connectivity index (χ2n) is 5.02. The molecular weight excluding hydrogens is 200 g/mol. The Morgan fingerprint density at radius 2 is 1.94 bits per heavy atom. The molecule has 3 nitrogen and oxygen atoms in total. The SMILES string of the molecule is O=C1CCCc2c1cnn2C1CCCCC1. The van der Waals surface area contributed by atoms with Crippen LogP contribution in [0.5, 0.6) is 0 Å². The van der Waals surface area contributed by atoms with Gasteiger partial charge < -0.3 is 0 Å². The lowest BCUT2D eigenvalue weighted by Gasteiger charge is -2.25. The second kappa shape index (κ2) is 4.04. The number of ketones is 1. The number of aromatic nitrogens is 2. The third-order valence-corrected chi connectivity index (χ3v) is 3.94. The topological polar surface area (TPSA) is 34.9 Å². The van der Waals surface area contributed by atoms with E-state index in [2.05, 4.69) is 9.78 Å². The van der Waals surface area contributed by atoms with Crippen molar-refractivity contribution in [3.05, 3.63) is 17.5 Å². The number of fused-ring (bicyclic) bond motifs is 1. The molecule has 86 valence electrons. The van der Waals surface area contributed by atoms with E-state index in [1.807, 2.05) is 0 Å². The van der Waals surface area contributed by atoms with Crippen LogP contribution in [0.3, 0.4) is 0 Å². The summed E-state index contributed by atoms with van der Waals surface area (Å²) < 4.78 is 2.16. The molecule has 0 radical (unpaired) electrons. The van der Waals surface area contributed by atoms with Gasteiger partial charge >= 0.3 is 0 Å². The van der Waals surface area contributed by atoms with Crippen molar-refractivity contribution in [3.63, 3.8) is 0 Å². The molecule has 0 spiro atoms. The van der Waals surface area contributed by atoms with E-state index in [0.717, 1.165) is 18.4 Å². The van der Waals surface area contributed by atoms with Crippen LogP contribution in [0.1, 0.15) is 67.0 Å². The molecule has 0 saturated heterocycles. The van der Waals surface area contributed by atoms with Crippen molar-refractivity contribution in [1.29, 1.82) is 0 Å². The number of hydrogen-bond acceptors (Lipinski definition) is 2. The van der Waals surface area contributed by atoms with Gasteiger partial charge in [-0.15, -0.1) is 0 Å². The van der Waals surface area contributed by atoms with Crippen LogP contribution >= 0.6 is 0 Å². The van der Waals surface area contributed by atoms with Crippen LogP contribution in [-0.2, 0) is 6.42 Å². The van der Waals surface area contributed by atoms with Gasteiger partial charge in [-0.25, -0.2) is 0 Å². The van der Waals surface area contributed by atoms with Gasteiger partial charge in [-0.3, -0.25) is 9.48 Å². The number of Topliss-reactive ketones (excluding diaryl/α,β-unsaturated/α-hetero) is 1. The van der Waals surface area contributed by atoms with Crippen molar-refractivity contribution < 1.29 is 4.79 Å². The lowest BCUT2D eigenvalue weighted by atomic mass is 9.93. The average Bonchev–Trinajstić information content (AvgIpc) is 2.75. The summed E-state index contributed by atoms with van der Waals surface area (Å²) in [6, 6.07) is 0.559. The Balaban J connectivity index is 1.92. The van der Waals surface area contributed by atoms with Crippen molar-refractivity contribution in [2.45, 2.75) is 57.4 Å². The highest BCUT2D eigenvalue weighted by Crippen LogP contribution is 2.31. The summed E-state index contributed by atoms with van der Waals surface area (Å²) >= 11 is 0. The minimum absolute atomic E-state index is 0.295. The van der Waals surface area contributed by atoms with Gasteiger partial charge in [0.2, 0.25) is 0 Å². The first kappa shape index (κ1) is 10.1. The number of rotatable bonds is 1. The monoisotopic (exact) mass is 218 g/mol. The molecule has 1 aromatic heterocycles. The van der Waals surface area contributed by atoms with E-state index in [1.165, 1.54) is 37.8 Å². The fourth-order valence-electron chi connectivity index (χ4n) is 3.06. The summed E-state index contributed by atoms with van der Waals surface area (Å²) in [5.74, 6) is 0.295. The summed E-state index contributed by atoms with van der Waals surface area (Å²) in [6.45, 7) is 0. The molecule has 2 aliphatic rings. The zero-order valence-electron chi connectivity index (χ0n) is 9.61. The Morgan fingerprint density at radius 1 is 1.12 bits per heavy atom. The molecule has 0 atom stereocenters. The van der Waals surface area contributed by atoms with Crippen molar-refractivity contribution >= 4 is 5.78 Å². The molecule has 0 aliphatic heterocycles. The predicted octanol–water partition coefficient (Wildman–Crippen LogP) is 2.91. The highest BCUT2D eigenvalue weighted by molar-refractivity contribution is 5.97. The van der Waals surface area contributed by atoms with Crippen LogP contribution in [0, 0.1) is 0 Å². The van der Waals surface area contributed by atoms with Crippen LogP contribution in [0.2, 0.25) is 0 Å². The van der Waals surface area contributed by atoms with Crippen molar-refractivity contribution in [1.82, 2.24) is 9.78 Å². The minimum atomic E-state index is 0.295. The summed E-state index contributed by atoms with van der Waals surface area (Å²) in [4.78, 5) is 11.7. The van der Waals surface area contributed by atoms with Gasteiger partial charge in [0.15, 0.2) is 5.78 Å². The van der Waals surface area contributed by atoms with Crippen molar-refractivity contribution in [3.8, 4) is 0 Å². The molecule has 1 saturated carbocycles. The summed E-state index contributed by atoms with van der Waals surface area (Å²) in [5.41, 5.74) is 2.11. The van der Waals surface area contributed by atoms with E-state index in [4.69, 9.17) is 0 Å². The van der Waals surface area contributed by atoms with Crippen LogP contribution in [0.25, 0.3) is 0 Å². The molecule has 0 N–H and O–H groups in total. The van der Waals surface area contributed by atoms with Crippen LogP contribution in [-0.4, -0.2) is 15.6 Å². The van der Waals surface area contributed by atoms with Gasteiger partial charge in [0, 0.05) is 12.1 Å². The summed E-state index contributed by atoms with van der Waals surface area (Å²) in [7, 11) is 0. The number of carbonyl (C=O) groups is 1. The third-order valence-electron chi connectivity index (χ3n) is 3.94. The summed E-state index contributed by atoms with van der Waals surface area (Å²) in [5, 5.41) is 4.47. The van der Waals surface area contributed by atoms with Crippen molar-refractivity contribution in [2.75, 3.05) is 0 Å². The van der Waals surface area contributed by atoms with E-state index >= 15 is 0 Å². The van der Waals surface area contributed by atoms with Gasteiger partial charge in [-0.2, -0.15) is 5.10 Å². The van der Waals surface area contributed by atoms with E-state index in [1.54, 1.807) is 6.20 Å². The predicted molar refractivity (Wildman–Crippen MR) is 61.6 cm³/mol. The molecule has 1 heterocycles. The van der Waals surface area contributed by atoms with Crippen LogP contribution in [0.4, 0.5) is 0 Å². The van der Waals surface area contributed by atoms with Gasteiger partial charge in [-0.05, 0) is 25.7 Å². The van der Waals surface area contributed by atoms with E-state index in [-0.39, 0.29) is 0 Å². The molecule has 0 bridgehead atoms. The first-order chi connectivity index (χ1) is 7.86. The fourth-order valence-corrected chi connectivity index (χ4v) is 3.06. The largest absolute Gasteiger partial charge is 0.294 e. The standard InChI is InChI=1S/C13H18N2O/c16-13-8-4-7-12-11(13)9-14-15(12)10-5-2-1-3-6-10/h9-10H,1-8H2. The van der Waals surface area contributed by atoms with E-state index in [0.29, 0.717) is 18.2 Å². The maximum absolute atomic E-state index is 11.7. The molecule has 0 aromatic carbocycles. The maximum Gasteiger partial charge on any atom is 0.166 e. The molecule has 16 heavy (non-hydrogen) atoms. The van der Waals surface area contributed by atoms with Gasteiger partial charge in [-0.1, -0.05) is 19.3 Å². The highest BCUT2D eigenvalue weighted by Gasteiger charge is 2.25. The zero-order chi connectivity index (χ0) is 11.0. The van der Waals surface area contributed by atoms with E-state index < -0.39 is 0 Å². The molecule has 1 aromatic rings. The number of carbonyl (C=O) groups excluding carboxylic acids is 1. The lowest BCUT2D eigenvalue weighted by molar-refractivity contribution is 0.0971. The minimum Gasteiger partial charge on any atom is -0.294 e.